The molecule has 0 fully saturated rings. The number of anilines is 1. The van der Waals surface area contributed by atoms with Crippen LogP contribution in [0.2, 0.25) is 0 Å². The van der Waals surface area contributed by atoms with Crippen molar-refractivity contribution in [2.75, 3.05) is 5.32 Å². The molecule has 5 heteroatoms. The molecule has 4 nitrogen and oxygen atoms in total. The highest BCUT2D eigenvalue weighted by atomic mass is 79.9. The number of nitrogens with one attached hydrogen (secondary N) is 1. The standard InChI is InChI=1S/C16H14BrNO3/c1-9-3-4-11(16(20)21)8-14(9)18-15(19)13-6-5-12(17)7-10(13)2/h3-8H,1-2H3,(H,18,19)(H,20,21). The molecule has 0 unspecified atom stereocenters. The molecule has 0 saturated heterocycles. The lowest BCUT2D eigenvalue weighted by atomic mass is 10.1. The first-order valence-electron chi connectivity index (χ1n) is 6.30. The molecule has 0 spiro atoms. The second kappa shape index (κ2) is 6.10. The predicted octanol–water partition coefficient (Wildman–Crippen LogP) is 4.02. The molecule has 2 aromatic rings. The highest BCUT2D eigenvalue weighted by Gasteiger charge is 2.12. The van der Waals surface area contributed by atoms with E-state index in [1.807, 2.05) is 19.9 Å². The van der Waals surface area contributed by atoms with E-state index in [-0.39, 0.29) is 11.5 Å². The minimum Gasteiger partial charge on any atom is -0.478 e. The second-order valence-corrected chi connectivity index (χ2v) is 5.66. The number of aryl methyl sites for hydroxylation is 2. The van der Waals surface area contributed by atoms with Crippen LogP contribution in [-0.2, 0) is 0 Å². The number of halogens is 1. The first-order valence-corrected chi connectivity index (χ1v) is 7.09. The predicted molar refractivity (Wildman–Crippen MR) is 85.0 cm³/mol. The summed E-state index contributed by atoms with van der Waals surface area (Å²) >= 11 is 3.35. The van der Waals surface area contributed by atoms with Crippen molar-refractivity contribution in [2.45, 2.75) is 13.8 Å². The van der Waals surface area contributed by atoms with Crippen molar-refractivity contribution in [3.63, 3.8) is 0 Å². The lowest BCUT2D eigenvalue weighted by Gasteiger charge is -2.11. The molecular weight excluding hydrogens is 334 g/mol. The maximum atomic E-state index is 12.3. The van der Waals surface area contributed by atoms with Crippen LogP contribution in [0.15, 0.2) is 40.9 Å². The first-order chi connectivity index (χ1) is 9.88. The summed E-state index contributed by atoms with van der Waals surface area (Å²) in [6.07, 6.45) is 0. The smallest absolute Gasteiger partial charge is 0.335 e. The average molecular weight is 348 g/mol. The number of benzene rings is 2. The lowest BCUT2D eigenvalue weighted by Crippen LogP contribution is -2.14. The monoisotopic (exact) mass is 347 g/mol. The SMILES string of the molecule is Cc1ccc(C(=O)O)cc1NC(=O)c1ccc(Br)cc1C. The van der Waals surface area contributed by atoms with Crippen molar-refractivity contribution in [3.05, 3.63) is 63.1 Å². The molecular formula is C16H14BrNO3. The van der Waals surface area contributed by atoms with E-state index in [0.717, 1.165) is 15.6 Å². The number of hydrogen-bond donors (Lipinski definition) is 2. The number of rotatable bonds is 3. The molecule has 0 radical (unpaired) electrons. The van der Waals surface area contributed by atoms with Crippen LogP contribution in [0.5, 0.6) is 0 Å². The molecule has 1 amide bonds. The van der Waals surface area contributed by atoms with Crippen molar-refractivity contribution in [3.8, 4) is 0 Å². The van der Waals surface area contributed by atoms with E-state index in [9.17, 15) is 9.59 Å². The Bertz CT molecular complexity index is 725. The van der Waals surface area contributed by atoms with Crippen LogP contribution < -0.4 is 5.32 Å². The van der Waals surface area contributed by atoms with E-state index >= 15 is 0 Å². The van der Waals surface area contributed by atoms with Gasteiger partial charge in [-0.05, 0) is 55.3 Å². The van der Waals surface area contributed by atoms with E-state index in [1.54, 1.807) is 18.2 Å². The third-order valence-electron chi connectivity index (χ3n) is 3.17. The van der Waals surface area contributed by atoms with Crippen molar-refractivity contribution in [1.82, 2.24) is 0 Å². The van der Waals surface area contributed by atoms with Crippen LogP contribution in [-0.4, -0.2) is 17.0 Å². The van der Waals surface area contributed by atoms with Crippen LogP contribution >= 0.6 is 15.9 Å². The first kappa shape index (κ1) is 15.3. The summed E-state index contributed by atoms with van der Waals surface area (Å²) in [7, 11) is 0. The van der Waals surface area contributed by atoms with E-state index in [0.29, 0.717) is 11.3 Å². The van der Waals surface area contributed by atoms with E-state index < -0.39 is 5.97 Å². The highest BCUT2D eigenvalue weighted by Crippen LogP contribution is 2.20. The Morgan fingerprint density at radius 1 is 1.05 bits per heavy atom. The maximum Gasteiger partial charge on any atom is 0.335 e. The molecule has 0 saturated carbocycles. The number of amides is 1. The number of carboxylic acids is 1. The topological polar surface area (TPSA) is 66.4 Å². The van der Waals surface area contributed by atoms with Gasteiger partial charge in [0.05, 0.1) is 5.56 Å². The largest absolute Gasteiger partial charge is 0.478 e. The number of carbonyl (C=O) groups is 2. The van der Waals surface area contributed by atoms with Gasteiger partial charge in [-0.2, -0.15) is 0 Å². The number of carboxylic acid groups (broad SMARTS) is 1. The fourth-order valence-corrected chi connectivity index (χ4v) is 2.44. The molecule has 0 aliphatic rings. The van der Waals surface area contributed by atoms with Crippen molar-refractivity contribution in [1.29, 1.82) is 0 Å². The molecule has 0 heterocycles. The summed E-state index contributed by atoms with van der Waals surface area (Å²) in [5.41, 5.74) is 2.85. The fourth-order valence-electron chi connectivity index (χ4n) is 1.96. The molecule has 108 valence electrons. The van der Waals surface area contributed by atoms with E-state index in [4.69, 9.17) is 5.11 Å². The highest BCUT2D eigenvalue weighted by molar-refractivity contribution is 9.10. The summed E-state index contributed by atoms with van der Waals surface area (Å²) in [6.45, 7) is 3.66. The number of carbonyl (C=O) groups excluding carboxylic acids is 1. The van der Waals surface area contributed by atoms with Crippen LogP contribution in [0.3, 0.4) is 0 Å². The van der Waals surface area contributed by atoms with Crippen LogP contribution in [0.4, 0.5) is 5.69 Å². The summed E-state index contributed by atoms with van der Waals surface area (Å²) < 4.78 is 0.903. The summed E-state index contributed by atoms with van der Waals surface area (Å²) in [6, 6.07) is 10.0. The van der Waals surface area contributed by atoms with Gasteiger partial charge in [-0.1, -0.05) is 22.0 Å². The quantitative estimate of drug-likeness (QED) is 0.881. The van der Waals surface area contributed by atoms with Crippen molar-refractivity contribution < 1.29 is 14.7 Å². The molecule has 21 heavy (non-hydrogen) atoms. The van der Waals surface area contributed by atoms with Gasteiger partial charge < -0.3 is 10.4 Å². The minimum absolute atomic E-state index is 0.142. The van der Waals surface area contributed by atoms with Gasteiger partial charge in [0.15, 0.2) is 0 Å². The Morgan fingerprint density at radius 2 is 1.76 bits per heavy atom. The summed E-state index contributed by atoms with van der Waals surface area (Å²) in [4.78, 5) is 23.3. The van der Waals surface area contributed by atoms with E-state index in [1.165, 1.54) is 12.1 Å². The fraction of sp³-hybridized carbons (Fsp3) is 0.125. The Kier molecular flexibility index (Phi) is 4.43. The van der Waals surface area contributed by atoms with E-state index in [2.05, 4.69) is 21.2 Å². The zero-order valence-corrected chi connectivity index (χ0v) is 13.2. The Morgan fingerprint density at radius 3 is 2.38 bits per heavy atom. The van der Waals surface area contributed by atoms with Gasteiger partial charge in [-0.3, -0.25) is 4.79 Å². The van der Waals surface area contributed by atoms with Gasteiger partial charge in [-0.15, -0.1) is 0 Å². The van der Waals surface area contributed by atoms with Gasteiger partial charge in [0, 0.05) is 15.7 Å². The Labute approximate surface area is 130 Å². The third kappa shape index (κ3) is 3.49. The average Bonchev–Trinajstić information content (AvgIpc) is 2.40. The van der Waals surface area contributed by atoms with Crippen LogP contribution in [0, 0.1) is 13.8 Å². The Hall–Kier alpha value is -2.14. The minimum atomic E-state index is -1.02. The molecule has 0 aliphatic carbocycles. The summed E-state index contributed by atoms with van der Waals surface area (Å²) in [5, 5.41) is 11.8. The normalized spacial score (nSPS) is 10.2. The van der Waals surface area contributed by atoms with Crippen LogP contribution in [0.1, 0.15) is 31.8 Å². The molecule has 0 bridgehead atoms. The number of hydrogen-bond acceptors (Lipinski definition) is 2. The zero-order valence-electron chi connectivity index (χ0n) is 11.6. The van der Waals surface area contributed by atoms with Crippen LogP contribution in [0.25, 0.3) is 0 Å². The lowest BCUT2D eigenvalue weighted by molar-refractivity contribution is 0.0696. The van der Waals surface area contributed by atoms with Gasteiger partial charge in [0.2, 0.25) is 0 Å². The molecule has 2 N–H and O–H groups in total. The van der Waals surface area contributed by atoms with Gasteiger partial charge in [0.25, 0.3) is 5.91 Å². The summed E-state index contributed by atoms with van der Waals surface area (Å²) in [5.74, 6) is -1.28. The van der Waals surface area contributed by atoms with Crippen molar-refractivity contribution in [2.24, 2.45) is 0 Å². The number of aromatic carboxylic acids is 1. The zero-order chi connectivity index (χ0) is 15.6. The molecule has 0 aliphatic heterocycles. The van der Waals surface area contributed by atoms with Gasteiger partial charge >= 0.3 is 5.97 Å². The maximum absolute atomic E-state index is 12.3. The van der Waals surface area contributed by atoms with Gasteiger partial charge in [0.1, 0.15) is 0 Å². The van der Waals surface area contributed by atoms with Crippen molar-refractivity contribution >= 4 is 33.5 Å². The Balaban J connectivity index is 2.31. The molecule has 2 aromatic carbocycles. The molecule has 2 rings (SSSR count). The third-order valence-corrected chi connectivity index (χ3v) is 3.66. The second-order valence-electron chi connectivity index (χ2n) is 4.75. The van der Waals surface area contributed by atoms with Gasteiger partial charge in [-0.25, -0.2) is 4.79 Å². The molecule has 0 aromatic heterocycles. The molecule has 0 atom stereocenters.